The Kier molecular flexibility index (Phi) is 6.50. The number of hydrogen-bond acceptors (Lipinski definition) is 4. The van der Waals surface area contributed by atoms with E-state index in [4.69, 9.17) is 4.42 Å². The molecule has 0 aliphatic heterocycles. The summed E-state index contributed by atoms with van der Waals surface area (Å²) in [5.41, 5.74) is 10.8. The van der Waals surface area contributed by atoms with Gasteiger partial charge in [0.05, 0.1) is 11.0 Å². The molecule has 0 amide bonds. The predicted molar refractivity (Wildman–Crippen MR) is 184 cm³/mol. The lowest BCUT2D eigenvalue weighted by Gasteiger charge is -2.26. The van der Waals surface area contributed by atoms with Crippen molar-refractivity contribution >= 4 is 38.9 Å². The van der Waals surface area contributed by atoms with E-state index in [2.05, 4.69) is 161 Å². The van der Waals surface area contributed by atoms with Gasteiger partial charge in [0, 0.05) is 44.6 Å². The first-order valence-corrected chi connectivity index (χ1v) is 15.1. The smallest absolute Gasteiger partial charge is 0.248 e. The number of fused-ring (bicyclic) bond motifs is 3. The number of rotatable bonds is 6. The molecule has 0 radical (unpaired) electrons. The molecular formula is C40H30N4O. The molecule has 6 aromatic carbocycles. The van der Waals surface area contributed by atoms with E-state index < -0.39 is 0 Å². The molecule has 0 N–H and O–H groups in total. The van der Waals surface area contributed by atoms with Crippen molar-refractivity contribution in [1.29, 1.82) is 0 Å². The van der Waals surface area contributed by atoms with Crippen molar-refractivity contribution in [3.8, 4) is 28.6 Å². The summed E-state index contributed by atoms with van der Waals surface area (Å²) in [6.45, 7) is 4.14. The highest BCUT2D eigenvalue weighted by atomic mass is 16.4. The second kappa shape index (κ2) is 11.0. The summed E-state index contributed by atoms with van der Waals surface area (Å²) in [6.07, 6.45) is 0. The predicted octanol–water partition coefficient (Wildman–Crippen LogP) is 10.6. The van der Waals surface area contributed by atoms with Crippen molar-refractivity contribution in [2.24, 2.45) is 0 Å². The zero-order chi connectivity index (χ0) is 30.3. The summed E-state index contributed by atoms with van der Waals surface area (Å²) in [5, 5.41) is 11.2. The van der Waals surface area contributed by atoms with Crippen LogP contribution < -0.4 is 4.90 Å². The average Bonchev–Trinajstić information content (AvgIpc) is 3.70. The minimum absolute atomic E-state index is 0.498. The maximum Gasteiger partial charge on any atom is 0.248 e. The first-order chi connectivity index (χ1) is 22.1. The first kappa shape index (κ1) is 26.7. The van der Waals surface area contributed by atoms with Crippen LogP contribution in [0.4, 0.5) is 17.1 Å². The molecule has 0 aliphatic carbocycles. The van der Waals surface area contributed by atoms with Crippen molar-refractivity contribution in [2.45, 2.75) is 13.8 Å². The molecule has 5 heteroatoms. The molecule has 2 heterocycles. The van der Waals surface area contributed by atoms with Crippen molar-refractivity contribution in [3.05, 3.63) is 157 Å². The fourth-order valence-electron chi connectivity index (χ4n) is 6.28. The van der Waals surface area contributed by atoms with Crippen LogP contribution in [0, 0.1) is 13.8 Å². The fraction of sp³-hybridized carbons (Fsp3) is 0.0500. The molecular weight excluding hydrogens is 552 g/mol. The van der Waals surface area contributed by atoms with Gasteiger partial charge < -0.3 is 13.9 Å². The Balaban J connectivity index is 1.15. The van der Waals surface area contributed by atoms with Crippen LogP contribution >= 0.6 is 0 Å². The molecule has 8 aromatic rings. The fourth-order valence-corrected chi connectivity index (χ4v) is 6.28. The third-order valence-electron chi connectivity index (χ3n) is 8.23. The molecule has 0 atom stereocenters. The Labute approximate surface area is 261 Å². The van der Waals surface area contributed by atoms with E-state index in [1.54, 1.807) is 0 Å². The molecule has 0 fully saturated rings. The highest BCUT2D eigenvalue weighted by Crippen LogP contribution is 2.37. The Morgan fingerprint density at radius 3 is 1.58 bits per heavy atom. The average molecular weight is 583 g/mol. The van der Waals surface area contributed by atoms with Crippen molar-refractivity contribution < 1.29 is 4.42 Å². The molecule has 0 saturated carbocycles. The topological polar surface area (TPSA) is 47.1 Å². The van der Waals surface area contributed by atoms with E-state index in [0.29, 0.717) is 11.8 Å². The zero-order valence-electron chi connectivity index (χ0n) is 25.1. The maximum atomic E-state index is 6.11. The van der Waals surface area contributed by atoms with Gasteiger partial charge in [0.2, 0.25) is 11.8 Å². The number of anilines is 3. The lowest BCUT2D eigenvalue weighted by atomic mass is 10.1. The molecule has 8 rings (SSSR count). The van der Waals surface area contributed by atoms with Crippen LogP contribution in [0.15, 0.2) is 150 Å². The number of para-hydroxylation sites is 3. The quantitative estimate of drug-likeness (QED) is 0.196. The Morgan fingerprint density at radius 1 is 0.489 bits per heavy atom. The summed E-state index contributed by atoms with van der Waals surface area (Å²) in [5.74, 6) is 1.02. The lowest BCUT2D eigenvalue weighted by Crippen LogP contribution is -2.10. The van der Waals surface area contributed by atoms with Crippen LogP contribution in [0.1, 0.15) is 11.1 Å². The van der Waals surface area contributed by atoms with E-state index >= 15 is 0 Å². The van der Waals surface area contributed by atoms with Gasteiger partial charge >= 0.3 is 0 Å². The molecule has 0 unspecified atom stereocenters. The van der Waals surface area contributed by atoms with Gasteiger partial charge in [-0.1, -0.05) is 71.8 Å². The standard InChI is InChI=1S/C40H30N4O/c1-27-24-28(2)26-30(25-27)40-42-41-39(45-40)29-16-18-32(19-17-29)43(31-10-4-3-5-11-31)33-20-22-34(23-21-33)44-37-14-8-6-12-35(37)36-13-7-9-15-38(36)44/h3-26H,1-2H3. The third-order valence-corrected chi connectivity index (χ3v) is 8.23. The molecule has 0 saturated heterocycles. The number of aryl methyl sites for hydroxylation is 2. The van der Waals surface area contributed by atoms with Gasteiger partial charge in [0.15, 0.2) is 0 Å². The van der Waals surface area contributed by atoms with Gasteiger partial charge in [-0.2, -0.15) is 0 Å². The number of nitrogens with zero attached hydrogens (tertiary/aromatic N) is 4. The second-order valence-electron chi connectivity index (χ2n) is 11.4. The summed E-state index contributed by atoms with van der Waals surface area (Å²) < 4.78 is 8.45. The Hall–Kier alpha value is -5.94. The molecule has 2 aromatic heterocycles. The lowest BCUT2D eigenvalue weighted by molar-refractivity contribution is 0.584. The first-order valence-electron chi connectivity index (χ1n) is 15.1. The molecule has 45 heavy (non-hydrogen) atoms. The summed E-state index contributed by atoms with van der Waals surface area (Å²) in [7, 11) is 0. The number of benzene rings is 6. The van der Waals surface area contributed by atoms with E-state index in [-0.39, 0.29) is 0 Å². The molecule has 5 nitrogen and oxygen atoms in total. The number of hydrogen-bond donors (Lipinski definition) is 0. The maximum absolute atomic E-state index is 6.11. The highest BCUT2D eigenvalue weighted by Gasteiger charge is 2.16. The van der Waals surface area contributed by atoms with Gasteiger partial charge in [-0.25, -0.2) is 0 Å². The second-order valence-corrected chi connectivity index (χ2v) is 11.4. The van der Waals surface area contributed by atoms with E-state index in [0.717, 1.165) is 33.9 Å². The summed E-state index contributed by atoms with van der Waals surface area (Å²) in [4.78, 5) is 2.26. The Morgan fingerprint density at radius 2 is 0.978 bits per heavy atom. The van der Waals surface area contributed by atoms with Crippen LogP contribution in [0.5, 0.6) is 0 Å². The van der Waals surface area contributed by atoms with Gasteiger partial charge in [-0.05, 0) is 98.8 Å². The molecule has 0 aliphatic rings. The molecule has 0 bridgehead atoms. The summed E-state index contributed by atoms with van der Waals surface area (Å²) >= 11 is 0. The van der Waals surface area contributed by atoms with E-state index in [1.165, 1.54) is 32.9 Å². The van der Waals surface area contributed by atoms with E-state index in [1.807, 2.05) is 18.2 Å². The van der Waals surface area contributed by atoms with Crippen LogP contribution in [-0.2, 0) is 0 Å². The van der Waals surface area contributed by atoms with E-state index in [9.17, 15) is 0 Å². The van der Waals surface area contributed by atoms with Crippen LogP contribution in [0.3, 0.4) is 0 Å². The molecule has 0 spiro atoms. The normalized spacial score (nSPS) is 11.3. The minimum atomic E-state index is 0.498. The highest BCUT2D eigenvalue weighted by molar-refractivity contribution is 6.09. The number of aromatic nitrogens is 3. The van der Waals surface area contributed by atoms with Crippen molar-refractivity contribution in [1.82, 2.24) is 14.8 Å². The van der Waals surface area contributed by atoms with Gasteiger partial charge in [-0.3, -0.25) is 0 Å². The Bertz CT molecular complexity index is 2210. The third kappa shape index (κ3) is 4.85. The molecule has 216 valence electrons. The van der Waals surface area contributed by atoms with Crippen LogP contribution in [0.25, 0.3) is 50.4 Å². The van der Waals surface area contributed by atoms with Crippen LogP contribution in [0.2, 0.25) is 0 Å². The van der Waals surface area contributed by atoms with Crippen molar-refractivity contribution in [2.75, 3.05) is 4.90 Å². The van der Waals surface area contributed by atoms with Gasteiger partial charge in [-0.15, -0.1) is 10.2 Å². The monoisotopic (exact) mass is 582 g/mol. The summed E-state index contributed by atoms with van der Waals surface area (Å²) in [6, 6.07) is 50.9. The minimum Gasteiger partial charge on any atom is -0.416 e. The zero-order valence-corrected chi connectivity index (χ0v) is 25.1. The van der Waals surface area contributed by atoms with Crippen LogP contribution in [-0.4, -0.2) is 14.8 Å². The van der Waals surface area contributed by atoms with Crippen molar-refractivity contribution in [3.63, 3.8) is 0 Å². The SMILES string of the molecule is Cc1cc(C)cc(-c2nnc(-c3ccc(N(c4ccccc4)c4ccc(-n5c6ccccc6c6ccccc65)cc4)cc3)o2)c1. The largest absolute Gasteiger partial charge is 0.416 e. The van der Waals surface area contributed by atoms with Gasteiger partial charge in [0.1, 0.15) is 0 Å². The van der Waals surface area contributed by atoms with Gasteiger partial charge in [0.25, 0.3) is 0 Å².